The van der Waals surface area contributed by atoms with Crippen molar-refractivity contribution >= 4 is 22.5 Å². The molecule has 0 radical (unpaired) electrons. The van der Waals surface area contributed by atoms with Crippen molar-refractivity contribution in [2.45, 2.75) is 13.5 Å². The van der Waals surface area contributed by atoms with Gasteiger partial charge in [-0.25, -0.2) is 0 Å². The molecule has 1 N–H and O–H groups in total. The molecule has 16 heavy (non-hydrogen) atoms. The second kappa shape index (κ2) is 4.28. The molecule has 0 unspecified atom stereocenters. The van der Waals surface area contributed by atoms with E-state index in [2.05, 4.69) is 4.98 Å². The number of H-pyrrole nitrogens is 1. The molecule has 0 spiro atoms. The van der Waals surface area contributed by atoms with Gasteiger partial charge < -0.3 is 9.72 Å². The van der Waals surface area contributed by atoms with E-state index in [1.807, 2.05) is 13.0 Å². The summed E-state index contributed by atoms with van der Waals surface area (Å²) in [5.41, 5.74) is 2.30. The van der Waals surface area contributed by atoms with Crippen LogP contribution >= 0.6 is 11.6 Å². The second-order valence-corrected chi connectivity index (χ2v) is 4.11. The van der Waals surface area contributed by atoms with Gasteiger partial charge in [0.15, 0.2) is 5.43 Å². The van der Waals surface area contributed by atoms with Gasteiger partial charge in [0.25, 0.3) is 0 Å². The number of benzene rings is 1. The minimum Gasteiger partial charge on any atom is -0.378 e. The molecule has 0 aliphatic carbocycles. The highest BCUT2D eigenvalue weighted by molar-refractivity contribution is 6.35. The van der Waals surface area contributed by atoms with E-state index < -0.39 is 0 Å². The van der Waals surface area contributed by atoms with E-state index in [1.54, 1.807) is 19.2 Å². The van der Waals surface area contributed by atoms with Crippen LogP contribution in [0.1, 0.15) is 11.3 Å². The Morgan fingerprint density at radius 1 is 1.44 bits per heavy atom. The van der Waals surface area contributed by atoms with Crippen molar-refractivity contribution < 1.29 is 4.74 Å². The summed E-state index contributed by atoms with van der Waals surface area (Å²) < 4.78 is 4.99. The first kappa shape index (κ1) is 11.2. The van der Waals surface area contributed by atoms with Gasteiger partial charge in [0.1, 0.15) is 0 Å². The molecule has 0 saturated carbocycles. The number of hydrogen-bond donors (Lipinski definition) is 1. The molecule has 4 heteroatoms. The molecule has 0 saturated heterocycles. The van der Waals surface area contributed by atoms with Gasteiger partial charge in [0.2, 0.25) is 0 Å². The number of aromatic nitrogens is 1. The van der Waals surface area contributed by atoms with E-state index in [9.17, 15) is 4.79 Å². The van der Waals surface area contributed by atoms with Crippen LogP contribution in [0, 0.1) is 6.92 Å². The van der Waals surface area contributed by atoms with Gasteiger partial charge in [-0.2, -0.15) is 0 Å². The highest BCUT2D eigenvalue weighted by atomic mass is 35.5. The lowest BCUT2D eigenvalue weighted by atomic mass is 10.1. The number of aromatic amines is 1. The Morgan fingerprint density at radius 3 is 2.88 bits per heavy atom. The molecular weight excluding hydrogens is 226 g/mol. The quantitative estimate of drug-likeness (QED) is 0.873. The first-order valence-electron chi connectivity index (χ1n) is 4.93. The predicted octanol–water partition coefficient (Wildman–Crippen LogP) is 2.64. The highest BCUT2D eigenvalue weighted by Crippen LogP contribution is 2.22. The first-order chi connectivity index (χ1) is 7.63. The summed E-state index contributed by atoms with van der Waals surface area (Å²) in [6.07, 6.45) is 0. The van der Waals surface area contributed by atoms with Crippen molar-refractivity contribution in [2.24, 2.45) is 0 Å². The summed E-state index contributed by atoms with van der Waals surface area (Å²) in [5, 5.41) is 1.20. The van der Waals surface area contributed by atoms with Crippen LogP contribution in [0.4, 0.5) is 0 Å². The molecule has 0 amide bonds. The topological polar surface area (TPSA) is 42.1 Å². The fraction of sp³-hybridized carbons (Fsp3) is 0.250. The number of nitrogens with one attached hydrogen (secondary N) is 1. The van der Waals surface area contributed by atoms with Gasteiger partial charge >= 0.3 is 0 Å². The van der Waals surface area contributed by atoms with Crippen LogP contribution in [0.25, 0.3) is 10.9 Å². The fourth-order valence-electron chi connectivity index (χ4n) is 1.78. The monoisotopic (exact) mass is 237 g/mol. The third kappa shape index (κ3) is 1.84. The van der Waals surface area contributed by atoms with Crippen molar-refractivity contribution in [3.8, 4) is 0 Å². The lowest BCUT2D eigenvalue weighted by Gasteiger charge is -2.06. The average molecular weight is 238 g/mol. The van der Waals surface area contributed by atoms with Crippen molar-refractivity contribution in [3.63, 3.8) is 0 Å². The smallest absolute Gasteiger partial charge is 0.190 e. The van der Waals surface area contributed by atoms with Crippen molar-refractivity contribution in [1.29, 1.82) is 0 Å². The van der Waals surface area contributed by atoms with Crippen LogP contribution in [-0.4, -0.2) is 12.1 Å². The summed E-state index contributed by atoms with van der Waals surface area (Å²) in [6, 6.07) is 5.18. The number of fused-ring (bicyclic) bond motifs is 1. The molecule has 2 aromatic rings. The molecule has 0 fully saturated rings. The van der Waals surface area contributed by atoms with E-state index in [0.717, 1.165) is 11.3 Å². The molecule has 2 rings (SSSR count). The number of pyridine rings is 1. The lowest BCUT2D eigenvalue weighted by molar-refractivity contribution is 0.181. The first-order valence-corrected chi connectivity index (χ1v) is 5.31. The molecule has 0 aliphatic rings. The normalized spacial score (nSPS) is 10.9. The van der Waals surface area contributed by atoms with E-state index in [4.69, 9.17) is 16.3 Å². The summed E-state index contributed by atoms with van der Waals surface area (Å²) in [5.74, 6) is 0. The molecule has 1 heterocycles. The van der Waals surface area contributed by atoms with E-state index in [0.29, 0.717) is 22.5 Å². The van der Waals surface area contributed by atoms with E-state index in [1.165, 1.54) is 0 Å². The number of aryl methyl sites for hydroxylation is 1. The molecule has 3 nitrogen and oxygen atoms in total. The van der Waals surface area contributed by atoms with Crippen LogP contribution in [0.2, 0.25) is 5.02 Å². The average Bonchev–Trinajstić information content (AvgIpc) is 2.23. The van der Waals surface area contributed by atoms with E-state index in [-0.39, 0.29) is 5.43 Å². The van der Waals surface area contributed by atoms with Crippen molar-refractivity contribution in [2.75, 3.05) is 7.11 Å². The number of rotatable bonds is 2. The maximum Gasteiger partial charge on any atom is 0.190 e. The van der Waals surface area contributed by atoms with Gasteiger partial charge in [-0.1, -0.05) is 17.7 Å². The maximum atomic E-state index is 11.9. The molecule has 1 aromatic heterocycles. The standard InChI is InChI=1S/C12H12ClNO2/c1-7-3-4-9(13)12-11(7)10(15)5-8(14-12)6-16-2/h3-5H,6H2,1-2H3,(H,14,15). The number of ether oxygens (including phenoxy) is 1. The zero-order chi connectivity index (χ0) is 11.7. The van der Waals surface area contributed by atoms with Gasteiger partial charge in [0.05, 0.1) is 17.1 Å². The Bertz CT molecular complexity index is 589. The minimum absolute atomic E-state index is 0.0270. The molecule has 84 valence electrons. The van der Waals surface area contributed by atoms with E-state index >= 15 is 0 Å². The Morgan fingerprint density at radius 2 is 2.19 bits per heavy atom. The number of hydrogen-bond acceptors (Lipinski definition) is 2. The largest absolute Gasteiger partial charge is 0.378 e. The second-order valence-electron chi connectivity index (χ2n) is 3.71. The summed E-state index contributed by atoms with van der Waals surface area (Å²) in [6.45, 7) is 2.26. The Kier molecular flexibility index (Phi) is 2.99. The minimum atomic E-state index is -0.0270. The third-order valence-electron chi connectivity index (χ3n) is 2.50. The van der Waals surface area contributed by atoms with Crippen LogP contribution < -0.4 is 5.43 Å². The molecule has 0 atom stereocenters. The van der Waals surface area contributed by atoms with Gasteiger partial charge in [0, 0.05) is 24.3 Å². The van der Waals surface area contributed by atoms with Crippen LogP contribution in [0.15, 0.2) is 23.0 Å². The Hall–Kier alpha value is -1.32. The molecule has 0 aliphatic heterocycles. The zero-order valence-electron chi connectivity index (χ0n) is 9.13. The molecule has 0 bridgehead atoms. The van der Waals surface area contributed by atoms with Crippen LogP contribution in [0.5, 0.6) is 0 Å². The lowest BCUT2D eigenvalue weighted by Crippen LogP contribution is -2.07. The summed E-state index contributed by atoms with van der Waals surface area (Å²) >= 11 is 6.06. The Labute approximate surface area is 98.0 Å². The maximum absolute atomic E-state index is 11.9. The third-order valence-corrected chi connectivity index (χ3v) is 2.81. The summed E-state index contributed by atoms with van der Waals surface area (Å²) in [7, 11) is 1.58. The van der Waals surface area contributed by atoms with Gasteiger partial charge in [-0.05, 0) is 18.6 Å². The summed E-state index contributed by atoms with van der Waals surface area (Å²) in [4.78, 5) is 15.0. The predicted molar refractivity (Wildman–Crippen MR) is 65.0 cm³/mol. The van der Waals surface area contributed by atoms with Gasteiger partial charge in [-0.3, -0.25) is 4.79 Å². The Balaban J connectivity index is 2.81. The fourth-order valence-corrected chi connectivity index (χ4v) is 1.99. The number of methoxy groups -OCH3 is 1. The van der Waals surface area contributed by atoms with Crippen LogP contribution in [-0.2, 0) is 11.3 Å². The van der Waals surface area contributed by atoms with Gasteiger partial charge in [-0.15, -0.1) is 0 Å². The molecule has 1 aromatic carbocycles. The van der Waals surface area contributed by atoms with Crippen LogP contribution in [0.3, 0.4) is 0 Å². The van der Waals surface area contributed by atoms with Crippen molar-refractivity contribution in [3.05, 3.63) is 44.7 Å². The molecular formula is C12H12ClNO2. The zero-order valence-corrected chi connectivity index (χ0v) is 9.89. The van der Waals surface area contributed by atoms with Crippen molar-refractivity contribution in [1.82, 2.24) is 4.98 Å². The number of halogens is 1. The highest BCUT2D eigenvalue weighted by Gasteiger charge is 2.07. The SMILES string of the molecule is COCc1cc(=O)c2c(C)ccc(Cl)c2[nH]1.